The van der Waals surface area contributed by atoms with Crippen LogP contribution < -0.4 is 5.32 Å². The van der Waals surface area contributed by atoms with Crippen LogP contribution in [-0.4, -0.2) is 41.5 Å². The largest absolute Gasteiger partial charge is 0.444 e. The summed E-state index contributed by atoms with van der Waals surface area (Å²) in [5.74, 6) is -1.19. The molecule has 2 aliphatic rings. The van der Waals surface area contributed by atoms with Gasteiger partial charge in [0.2, 0.25) is 11.8 Å². The Kier molecular flexibility index (Phi) is 3.04. The molecule has 2 fully saturated rings. The van der Waals surface area contributed by atoms with E-state index in [1.165, 1.54) is 4.90 Å². The van der Waals surface area contributed by atoms with E-state index in [1.54, 1.807) is 20.8 Å². The topological polar surface area (TPSA) is 75.7 Å². The van der Waals surface area contributed by atoms with Crippen molar-refractivity contribution >= 4 is 17.9 Å². The van der Waals surface area contributed by atoms with Gasteiger partial charge in [-0.25, -0.2) is 4.79 Å². The monoisotopic (exact) mass is 254 g/mol. The van der Waals surface area contributed by atoms with Crippen LogP contribution in [0.3, 0.4) is 0 Å². The third-order valence-corrected chi connectivity index (χ3v) is 3.18. The van der Waals surface area contributed by atoms with Crippen LogP contribution in [-0.2, 0) is 14.3 Å². The van der Waals surface area contributed by atoms with Crippen LogP contribution in [0.15, 0.2) is 0 Å². The summed E-state index contributed by atoms with van der Waals surface area (Å²) in [7, 11) is 0. The molecule has 2 unspecified atom stereocenters. The first-order valence-corrected chi connectivity index (χ1v) is 6.10. The van der Waals surface area contributed by atoms with E-state index in [0.717, 1.165) is 0 Å². The molecule has 2 aliphatic heterocycles. The van der Waals surface area contributed by atoms with Gasteiger partial charge in [-0.2, -0.15) is 0 Å². The quantitative estimate of drug-likeness (QED) is 0.639. The number of nitrogens with zero attached hydrogens (tertiary/aromatic N) is 1. The predicted octanol–water partition coefficient (Wildman–Crippen LogP) is 0.516. The first-order valence-electron chi connectivity index (χ1n) is 6.10. The van der Waals surface area contributed by atoms with E-state index in [4.69, 9.17) is 4.74 Å². The first-order chi connectivity index (χ1) is 8.28. The molecule has 2 rings (SSSR count). The van der Waals surface area contributed by atoms with E-state index in [1.807, 2.05) is 0 Å². The summed E-state index contributed by atoms with van der Waals surface area (Å²) < 4.78 is 5.26. The van der Waals surface area contributed by atoms with Crippen LogP contribution in [0.2, 0.25) is 0 Å². The minimum atomic E-state index is -0.554. The maximum absolute atomic E-state index is 11.9. The van der Waals surface area contributed by atoms with Crippen LogP contribution in [0.1, 0.15) is 27.2 Å². The molecule has 18 heavy (non-hydrogen) atoms. The molecule has 6 heteroatoms. The highest BCUT2D eigenvalue weighted by Crippen LogP contribution is 2.29. The van der Waals surface area contributed by atoms with Crippen LogP contribution in [0.5, 0.6) is 0 Å². The number of carbonyl (C=O) groups is 3. The minimum absolute atomic E-state index is 0.214. The van der Waals surface area contributed by atoms with E-state index in [-0.39, 0.29) is 24.3 Å². The third kappa shape index (κ3) is 2.47. The Balaban J connectivity index is 2.01. The Hall–Kier alpha value is -1.59. The van der Waals surface area contributed by atoms with Crippen molar-refractivity contribution in [2.75, 3.05) is 13.1 Å². The fourth-order valence-corrected chi connectivity index (χ4v) is 2.33. The van der Waals surface area contributed by atoms with E-state index in [2.05, 4.69) is 5.32 Å². The van der Waals surface area contributed by atoms with Gasteiger partial charge >= 0.3 is 6.09 Å². The van der Waals surface area contributed by atoms with Crippen molar-refractivity contribution in [3.8, 4) is 0 Å². The Bertz CT molecular complexity index is 399. The molecular weight excluding hydrogens is 236 g/mol. The average Bonchev–Trinajstić information content (AvgIpc) is 2.52. The number of hydrogen-bond donors (Lipinski definition) is 1. The van der Waals surface area contributed by atoms with Gasteiger partial charge in [-0.3, -0.25) is 14.9 Å². The van der Waals surface area contributed by atoms with Crippen molar-refractivity contribution in [3.05, 3.63) is 0 Å². The van der Waals surface area contributed by atoms with Crippen LogP contribution in [0.4, 0.5) is 4.79 Å². The van der Waals surface area contributed by atoms with Gasteiger partial charge < -0.3 is 9.64 Å². The summed E-state index contributed by atoms with van der Waals surface area (Å²) in [5.41, 5.74) is -0.554. The Morgan fingerprint density at radius 2 is 1.89 bits per heavy atom. The fourth-order valence-electron chi connectivity index (χ4n) is 2.33. The van der Waals surface area contributed by atoms with Crippen molar-refractivity contribution in [1.29, 1.82) is 0 Å². The molecule has 0 aromatic rings. The minimum Gasteiger partial charge on any atom is -0.444 e. The number of fused-ring (bicyclic) bond motifs is 1. The molecule has 0 spiro atoms. The molecule has 0 radical (unpaired) electrons. The summed E-state index contributed by atoms with van der Waals surface area (Å²) in [4.78, 5) is 36.4. The number of nitrogens with one attached hydrogen (secondary N) is 1. The van der Waals surface area contributed by atoms with Gasteiger partial charge in [0.25, 0.3) is 0 Å². The molecule has 2 heterocycles. The van der Waals surface area contributed by atoms with Crippen molar-refractivity contribution in [2.24, 2.45) is 11.8 Å². The molecule has 0 bridgehead atoms. The lowest BCUT2D eigenvalue weighted by Crippen LogP contribution is -2.46. The molecule has 6 nitrogen and oxygen atoms in total. The zero-order chi connectivity index (χ0) is 13.5. The SMILES string of the molecule is CC(C)(C)OC(=O)N1CCC2C(=O)NC(=O)C2C1. The molecule has 0 saturated carbocycles. The zero-order valence-electron chi connectivity index (χ0n) is 10.9. The predicted molar refractivity (Wildman–Crippen MR) is 62.6 cm³/mol. The van der Waals surface area contributed by atoms with Crippen molar-refractivity contribution in [1.82, 2.24) is 10.2 Å². The number of likely N-dealkylation sites (tertiary alicyclic amines) is 1. The van der Waals surface area contributed by atoms with E-state index in [0.29, 0.717) is 13.0 Å². The van der Waals surface area contributed by atoms with Gasteiger partial charge in [-0.1, -0.05) is 0 Å². The lowest BCUT2D eigenvalue weighted by atomic mass is 9.88. The Morgan fingerprint density at radius 3 is 2.50 bits per heavy atom. The molecule has 1 N–H and O–H groups in total. The first kappa shape index (κ1) is 12.9. The molecular formula is C12H18N2O4. The number of hydrogen-bond acceptors (Lipinski definition) is 4. The average molecular weight is 254 g/mol. The molecule has 0 aromatic carbocycles. The molecule has 0 aliphatic carbocycles. The number of amides is 3. The summed E-state index contributed by atoms with van der Waals surface area (Å²) in [6, 6.07) is 0. The van der Waals surface area contributed by atoms with E-state index in [9.17, 15) is 14.4 Å². The van der Waals surface area contributed by atoms with Gasteiger partial charge in [0, 0.05) is 13.1 Å². The zero-order valence-corrected chi connectivity index (χ0v) is 10.9. The summed E-state index contributed by atoms with van der Waals surface area (Å²) in [6.45, 7) is 6.10. The lowest BCUT2D eigenvalue weighted by Gasteiger charge is -2.33. The Morgan fingerprint density at radius 1 is 1.28 bits per heavy atom. The maximum Gasteiger partial charge on any atom is 0.410 e. The maximum atomic E-state index is 11.9. The Labute approximate surface area is 106 Å². The van der Waals surface area contributed by atoms with Crippen LogP contribution >= 0.6 is 0 Å². The van der Waals surface area contributed by atoms with Crippen molar-refractivity contribution in [3.63, 3.8) is 0 Å². The molecule has 100 valence electrons. The smallest absolute Gasteiger partial charge is 0.410 e. The van der Waals surface area contributed by atoms with Gasteiger partial charge in [0.05, 0.1) is 11.8 Å². The second-order valence-electron chi connectivity index (χ2n) is 5.78. The second-order valence-corrected chi connectivity index (χ2v) is 5.78. The highest BCUT2D eigenvalue weighted by molar-refractivity contribution is 6.05. The van der Waals surface area contributed by atoms with Crippen molar-refractivity contribution < 1.29 is 19.1 Å². The molecule has 2 saturated heterocycles. The van der Waals surface area contributed by atoms with Gasteiger partial charge in [-0.15, -0.1) is 0 Å². The number of piperidine rings is 1. The van der Waals surface area contributed by atoms with Crippen LogP contribution in [0, 0.1) is 11.8 Å². The lowest BCUT2D eigenvalue weighted by molar-refractivity contribution is -0.126. The van der Waals surface area contributed by atoms with Gasteiger partial charge in [0.15, 0.2) is 0 Å². The third-order valence-electron chi connectivity index (χ3n) is 3.18. The van der Waals surface area contributed by atoms with Gasteiger partial charge in [-0.05, 0) is 27.2 Å². The standard InChI is InChI=1S/C12H18N2O4/c1-12(2,3)18-11(17)14-5-4-7-8(6-14)10(16)13-9(7)15/h7-8H,4-6H2,1-3H3,(H,13,15,16). The van der Waals surface area contributed by atoms with E-state index >= 15 is 0 Å². The number of rotatable bonds is 0. The number of imide groups is 1. The number of ether oxygens (including phenoxy) is 1. The molecule has 2 atom stereocenters. The second kappa shape index (κ2) is 4.26. The highest BCUT2D eigenvalue weighted by Gasteiger charge is 2.46. The van der Waals surface area contributed by atoms with Crippen LogP contribution in [0.25, 0.3) is 0 Å². The molecule has 3 amide bonds. The summed E-state index contributed by atoms with van der Waals surface area (Å²) >= 11 is 0. The van der Waals surface area contributed by atoms with Gasteiger partial charge in [0.1, 0.15) is 5.60 Å². The normalized spacial score (nSPS) is 27.8. The van der Waals surface area contributed by atoms with Crippen molar-refractivity contribution in [2.45, 2.75) is 32.8 Å². The number of carbonyl (C=O) groups excluding carboxylic acids is 3. The molecule has 0 aromatic heterocycles. The summed E-state index contributed by atoms with van der Waals surface area (Å²) in [6.07, 6.45) is 0.0923. The summed E-state index contributed by atoms with van der Waals surface area (Å²) in [5, 5.41) is 2.31. The van der Waals surface area contributed by atoms with E-state index < -0.39 is 17.6 Å². The fraction of sp³-hybridized carbons (Fsp3) is 0.750. The highest BCUT2D eigenvalue weighted by atomic mass is 16.6.